The van der Waals surface area contributed by atoms with Crippen LogP contribution in [-0.2, 0) is 13.6 Å². The van der Waals surface area contributed by atoms with Crippen molar-refractivity contribution in [2.45, 2.75) is 6.54 Å². The topological polar surface area (TPSA) is 55.3 Å². The SMILES string of the molecule is Cn1cccc1C(=O)Nc1ccc2c(c1)CNCCO2. The van der Waals surface area contributed by atoms with Crippen molar-refractivity contribution >= 4 is 11.6 Å². The van der Waals surface area contributed by atoms with Crippen LogP contribution in [0.15, 0.2) is 36.5 Å². The fourth-order valence-electron chi connectivity index (χ4n) is 2.28. The summed E-state index contributed by atoms with van der Waals surface area (Å²) in [6.45, 7) is 2.25. The Kier molecular flexibility index (Phi) is 3.43. The Labute approximate surface area is 117 Å². The van der Waals surface area contributed by atoms with E-state index < -0.39 is 0 Å². The maximum Gasteiger partial charge on any atom is 0.272 e. The number of aryl methyl sites for hydroxylation is 1. The quantitative estimate of drug-likeness (QED) is 0.875. The standard InChI is InChI=1S/C15H17N3O2/c1-18-7-2-3-13(18)15(19)17-12-4-5-14-11(9-12)10-16-6-8-20-14/h2-5,7,9,16H,6,8,10H2,1H3,(H,17,19). The van der Waals surface area contributed by atoms with Gasteiger partial charge < -0.3 is 19.9 Å². The minimum atomic E-state index is -0.111. The summed E-state index contributed by atoms with van der Waals surface area (Å²) in [4.78, 5) is 12.2. The molecular weight excluding hydrogens is 254 g/mol. The van der Waals surface area contributed by atoms with Crippen molar-refractivity contribution in [3.05, 3.63) is 47.8 Å². The third-order valence-electron chi connectivity index (χ3n) is 3.35. The van der Waals surface area contributed by atoms with Crippen LogP contribution in [0.5, 0.6) is 5.75 Å². The van der Waals surface area contributed by atoms with Crippen molar-refractivity contribution in [2.24, 2.45) is 7.05 Å². The molecule has 5 heteroatoms. The second kappa shape index (κ2) is 5.38. The molecule has 0 bridgehead atoms. The highest BCUT2D eigenvalue weighted by molar-refractivity contribution is 6.03. The maximum atomic E-state index is 12.2. The average Bonchev–Trinajstić information content (AvgIpc) is 2.73. The van der Waals surface area contributed by atoms with Gasteiger partial charge in [0.15, 0.2) is 0 Å². The Balaban J connectivity index is 1.80. The number of rotatable bonds is 2. The van der Waals surface area contributed by atoms with Gasteiger partial charge in [0.1, 0.15) is 18.1 Å². The molecule has 1 aromatic heterocycles. The van der Waals surface area contributed by atoms with Crippen LogP contribution < -0.4 is 15.4 Å². The van der Waals surface area contributed by atoms with E-state index in [0.717, 1.165) is 30.1 Å². The molecule has 0 atom stereocenters. The van der Waals surface area contributed by atoms with Crippen LogP contribution in [-0.4, -0.2) is 23.6 Å². The molecule has 0 unspecified atom stereocenters. The second-order valence-corrected chi connectivity index (χ2v) is 4.81. The summed E-state index contributed by atoms with van der Waals surface area (Å²) in [7, 11) is 1.85. The van der Waals surface area contributed by atoms with Gasteiger partial charge in [-0.3, -0.25) is 4.79 Å². The number of benzene rings is 1. The van der Waals surface area contributed by atoms with E-state index in [2.05, 4.69) is 10.6 Å². The summed E-state index contributed by atoms with van der Waals surface area (Å²) < 4.78 is 7.42. The lowest BCUT2D eigenvalue weighted by atomic mass is 10.1. The third-order valence-corrected chi connectivity index (χ3v) is 3.35. The molecule has 2 N–H and O–H groups in total. The molecule has 2 heterocycles. The third kappa shape index (κ3) is 2.53. The molecule has 104 valence electrons. The molecule has 20 heavy (non-hydrogen) atoms. The zero-order valence-electron chi connectivity index (χ0n) is 11.3. The zero-order valence-corrected chi connectivity index (χ0v) is 11.3. The number of nitrogens with zero attached hydrogens (tertiary/aromatic N) is 1. The molecule has 1 amide bonds. The average molecular weight is 271 g/mol. The number of carbonyl (C=O) groups excluding carboxylic acids is 1. The number of carbonyl (C=O) groups is 1. The van der Waals surface area contributed by atoms with Gasteiger partial charge in [0, 0.05) is 37.6 Å². The van der Waals surface area contributed by atoms with Gasteiger partial charge in [-0.15, -0.1) is 0 Å². The Morgan fingerprint density at radius 3 is 3.10 bits per heavy atom. The Bertz CT molecular complexity index is 634. The normalized spacial score (nSPS) is 14.1. The summed E-state index contributed by atoms with van der Waals surface area (Å²) >= 11 is 0. The predicted molar refractivity (Wildman–Crippen MR) is 77.0 cm³/mol. The summed E-state index contributed by atoms with van der Waals surface area (Å²) in [5.74, 6) is 0.770. The van der Waals surface area contributed by atoms with Crippen molar-refractivity contribution in [2.75, 3.05) is 18.5 Å². The maximum absolute atomic E-state index is 12.2. The van der Waals surface area contributed by atoms with Gasteiger partial charge in [-0.05, 0) is 30.3 Å². The van der Waals surface area contributed by atoms with Gasteiger partial charge in [-0.1, -0.05) is 0 Å². The van der Waals surface area contributed by atoms with Crippen LogP contribution in [0.3, 0.4) is 0 Å². The fourth-order valence-corrected chi connectivity index (χ4v) is 2.28. The van der Waals surface area contributed by atoms with Crippen molar-refractivity contribution in [3.63, 3.8) is 0 Å². The number of hydrogen-bond acceptors (Lipinski definition) is 3. The van der Waals surface area contributed by atoms with E-state index in [0.29, 0.717) is 12.3 Å². The van der Waals surface area contributed by atoms with Gasteiger partial charge in [0.2, 0.25) is 0 Å². The second-order valence-electron chi connectivity index (χ2n) is 4.81. The van der Waals surface area contributed by atoms with E-state index in [-0.39, 0.29) is 5.91 Å². The largest absolute Gasteiger partial charge is 0.492 e. The van der Waals surface area contributed by atoms with Gasteiger partial charge in [-0.25, -0.2) is 0 Å². The molecule has 2 aromatic rings. The number of ether oxygens (including phenoxy) is 1. The summed E-state index contributed by atoms with van der Waals surface area (Å²) in [6.07, 6.45) is 1.85. The molecular formula is C15H17N3O2. The van der Waals surface area contributed by atoms with Gasteiger partial charge in [-0.2, -0.15) is 0 Å². The number of amides is 1. The van der Waals surface area contributed by atoms with Crippen molar-refractivity contribution in [3.8, 4) is 5.75 Å². The lowest BCUT2D eigenvalue weighted by Gasteiger charge is -2.10. The number of aromatic nitrogens is 1. The molecule has 3 rings (SSSR count). The lowest BCUT2D eigenvalue weighted by molar-refractivity contribution is 0.101. The first-order valence-electron chi connectivity index (χ1n) is 6.63. The highest BCUT2D eigenvalue weighted by Crippen LogP contribution is 2.24. The van der Waals surface area contributed by atoms with Crippen LogP contribution in [0.2, 0.25) is 0 Å². The molecule has 0 saturated carbocycles. The molecule has 0 fully saturated rings. The van der Waals surface area contributed by atoms with E-state index in [1.807, 2.05) is 37.5 Å². The molecule has 0 spiro atoms. The highest BCUT2D eigenvalue weighted by Gasteiger charge is 2.12. The van der Waals surface area contributed by atoms with Crippen molar-refractivity contribution < 1.29 is 9.53 Å². The van der Waals surface area contributed by atoms with E-state index in [1.54, 1.807) is 10.6 Å². The van der Waals surface area contributed by atoms with Crippen LogP contribution in [0.25, 0.3) is 0 Å². The minimum absolute atomic E-state index is 0.111. The van der Waals surface area contributed by atoms with Crippen LogP contribution in [0, 0.1) is 0 Å². The Hall–Kier alpha value is -2.27. The van der Waals surface area contributed by atoms with Gasteiger partial charge in [0.25, 0.3) is 5.91 Å². The molecule has 0 aliphatic carbocycles. The van der Waals surface area contributed by atoms with E-state index in [9.17, 15) is 4.79 Å². The summed E-state index contributed by atoms with van der Waals surface area (Å²) in [5.41, 5.74) is 2.48. The summed E-state index contributed by atoms with van der Waals surface area (Å²) in [5, 5.41) is 6.19. The Morgan fingerprint density at radius 2 is 2.30 bits per heavy atom. The fraction of sp³-hybridized carbons (Fsp3) is 0.267. The molecule has 1 aliphatic rings. The predicted octanol–water partition coefficient (Wildman–Crippen LogP) is 1.76. The number of nitrogens with one attached hydrogen (secondary N) is 2. The molecule has 0 radical (unpaired) electrons. The monoisotopic (exact) mass is 271 g/mol. The number of fused-ring (bicyclic) bond motifs is 1. The van der Waals surface area contributed by atoms with Crippen molar-refractivity contribution in [1.29, 1.82) is 0 Å². The first-order valence-corrected chi connectivity index (χ1v) is 6.63. The number of hydrogen-bond donors (Lipinski definition) is 2. The van der Waals surface area contributed by atoms with E-state index in [1.165, 1.54) is 0 Å². The van der Waals surface area contributed by atoms with Gasteiger partial charge >= 0.3 is 0 Å². The lowest BCUT2D eigenvalue weighted by Crippen LogP contribution is -2.16. The van der Waals surface area contributed by atoms with Crippen LogP contribution in [0.1, 0.15) is 16.1 Å². The molecule has 1 aliphatic heterocycles. The summed E-state index contributed by atoms with van der Waals surface area (Å²) in [6, 6.07) is 9.37. The Morgan fingerprint density at radius 1 is 1.40 bits per heavy atom. The van der Waals surface area contributed by atoms with Crippen molar-refractivity contribution in [1.82, 2.24) is 9.88 Å². The van der Waals surface area contributed by atoms with Crippen LogP contribution in [0.4, 0.5) is 5.69 Å². The first-order chi connectivity index (χ1) is 9.74. The molecule has 0 saturated heterocycles. The van der Waals surface area contributed by atoms with Gasteiger partial charge in [0.05, 0.1) is 0 Å². The zero-order chi connectivity index (χ0) is 13.9. The van der Waals surface area contributed by atoms with E-state index in [4.69, 9.17) is 4.74 Å². The molecule has 5 nitrogen and oxygen atoms in total. The minimum Gasteiger partial charge on any atom is -0.492 e. The van der Waals surface area contributed by atoms with Crippen LogP contribution >= 0.6 is 0 Å². The highest BCUT2D eigenvalue weighted by atomic mass is 16.5. The molecule has 1 aromatic carbocycles. The number of anilines is 1. The smallest absolute Gasteiger partial charge is 0.272 e. The van der Waals surface area contributed by atoms with E-state index >= 15 is 0 Å². The first kappa shape index (κ1) is 12.7.